The lowest BCUT2D eigenvalue weighted by atomic mass is 10.3. The van der Waals surface area contributed by atoms with Gasteiger partial charge in [-0.15, -0.1) is 0 Å². The van der Waals surface area contributed by atoms with E-state index in [9.17, 15) is 0 Å². The van der Waals surface area contributed by atoms with Gasteiger partial charge in [0, 0.05) is 17.3 Å². The van der Waals surface area contributed by atoms with Crippen LogP contribution in [0.4, 0.5) is 5.69 Å². The van der Waals surface area contributed by atoms with Crippen LogP contribution in [-0.4, -0.2) is 20.3 Å². The van der Waals surface area contributed by atoms with E-state index < -0.39 is 0 Å². The molecule has 3 nitrogen and oxygen atoms in total. The summed E-state index contributed by atoms with van der Waals surface area (Å²) in [5.74, 6) is 1.47. The molecule has 0 amide bonds. The van der Waals surface area contributed by atoms with E-state index in [4.69, 9.17) is 32.7 Å². The number of hydrogen-bond acceptors (Lipinski definition) is 3. The Bertz CT molecular complexity index is 558. The minimum atomic E-state index is 0.507. The SMILES string of the molecule is COc1ccc(NCCOc2ccc(Cl)cc2Cl)cc1. The molecule has 5 heteroatoms. The van der Waals surface area contributed by atoms with Crippen molar-refractivity contribution in [2.75, 3.05) is 25.6 Å². The van der Waals surface area contributed by atoms with E-state index in [0.29, 0.717) is 28.9 Å². The van der Waals surface area contributed by atoms with E-state index >= 15 is 0 Å². The Morgan fingerprint density at radius 1 is 1.05 bits per heavy atom. The van der Waals surface area contributed by atoms with E-state index in [2.05, 4.69) is 5.32 Å². The quantitative estimate of drug-likeness (QED) is 0.797. The molecule has 0 aliphatic rings. The fraction of sp³-hybridized carbons (Fsp3) is 0.200. The van der Waals surface area contributed by atoms with E-state index in [-0.39, 0.29) is 0 Å². The summed E-state index contributed by atoms with van der Waals surface area (Å²) in [7, 11) is 1.64. The third kappa shape index (κ3) is 4.22. The van der Waals surface area contributed by atoms with Crippen LogP contribution in [0.3, 0.4) is 0 Å². The summed E-state index contributed by atoms with van der Waals surface area (Å²) >= 11 is 11.8. The molecule has 0 bridgehead atoms. The fourth-order valence-corrected chi connectivity index (χ4v) is 2.12. The molecule has 0 fully saturated rings. The molecular formula is C15H15Cl2NO2. The molecule has 1 N–H and O–H groups in total. The average Bonchev–Trinajstić information content (AvgIpc) is 2.46. The normalized spacial score (nSPS) is 10.2. The zero-order valence-corrected chi connectivity index (χ0v) is 12.5. The Hall–Kier alpha value is -1.58. The Balaban J connectivity index is 1.78. The molecule has 106 valence electrons. The molecule has 0 saturated carbocycles. The van der Waals surface area contributed by atoms with E-state index in [0.717, 1.165) is 11.4 Å². The van der Waals surface area contributed by atoms with Crippen molar-refractivity contribution in [1.29, 1.82) is 0 Å². The largest absolute Gasteiger partial charge is 0.497 e. The van der Waals surface area contributed by atoms with Crippen molar-refractivity contribution < 1.29 is 9.47 Å². The van der Waals surface area contributed by atoms with Gasteiger partial charge in [0.25, 0.3) is 0 Å². The van der Waals surface area contributed by atoms with Gasteiger partial charge in [-0.25, -0.2) is 0 Å². The summed E-state index contributed by atoms with van der Waals surface area (Å²) in [4.78, 5) is 0. The van der Waals surface area contributed by atoms with Crippen molar-refractivity contribution >= 4 is 28.9 Å². The highest BCUT2D eigenvalue weighted by Crippen LogP contribution is 2.27. The molecule has 2 aromatic carbocycles. The molecule has 0 saturated heterocycles. The van der Waals surface area contributed by atoms with Gasteiger partial charge in [-0.3, -0.25) is 0 Å². The number of rotatable bonds is 6. The maximum absolute atomic E-state index is 6.02. The third-order valence-electron chi connectivity index (χ3n) is 2.67. The number of anilines is 1. The van der Waals surface area contributed by atoms with Gasteiger partial charge in [0.15, 0.2) is 0 Å². The monoisotopic (exact) mass is 311 g/mol. The van der Waals surface area contributed by atoms with Crippen LogP contribution in [0.15, 0.2) is 42.5 Å². The molecule has 0 atom stereocenters. The van der Waals surface area contributed by atoms with Crippen molar-refractivity contribution in [1.82, 2.24) is 0 Å². The molecule has 0 aromatic heterocycles. The van der Waals surface area contributed by atoms with Crippen LogP contribution in [0.25, 0.3) is 0 Å². The molecule has 0 aliphatic carbocycles. The minimum absolute atomic E-state index is 0.507. The Morgan fingerprint density at radius 2 is 1.80 bits per heavy atom. The molecule has 0 radical (unpaired) electrons. The highest BCUT2D eigenvalue weighted by atomic mass is 35.5. The van der Waals surface area contributed by atoms with Gasteiger partial charge in [-0.05, 0) is 42.5 Å². The van der Waals surface area contributed by atoms with E-state index in [1.807, 2.05) is 24.3 Å². The predicted molar refractivity (Wildman–Crippen MR) is 83.4 cm³/mol. The standard InChI is InChI=1S/C15H15Cl2NO2/c1-19-13-5-3-12(4-6-13)18-8-9-20-15-7-2-11(16)10-14(15)17/h2-7,10,18H,8-9H2,1H3. The van der Waals surface area contributed by atoms with Crippen LogP contribution in [0.5, 0.6) is 11.5 Å². The molecular weight excluding hydrogens is 297 g/mol. The summed E-state index contributed by atoms with van der Waals surface area (Å²) in [6, 6.07) is 12.9. The van der Waals surface area contributed by atoms with Gasteiger partial charge < -0.3 is 14.8 Å². The van der Waals surface area contributed by atoms with E-state index in [1.165, 1.54) is 0 Å². The number of methoxy groups -OCH3 is 1. The van der Waals surface area contributed by atoms with Gasteiger partial charge in [0.2, 0.25) is 0 Å². The maximum atomic E-state index is 6.02. The van der Waals surface area contributed by atoms with Gasteiger partial charge in [-0.1, -0.05) is 23.2 Å². The molecule has 0 unspecified atom stereocenters. The Morgan fingerprint density at radius 3 is 2.45 bits per heavy atom. The van der Waals surface area contributed by atoms with Gasteiger partial charge in [0.1, 0.15) is 18.1 Å². The Kier molecular flexibility index (Phi) is 5.39. The first-order chi connectivity index (χ1) is 9.69. The number of hydrogen-bond donors (Lipinski definition) is 1. The van der Waals surface area contributed by atoms with Crippen molar-refractivity contribution in [2.45, 2.75) is 0 Å². The van der Waals surface area contributed by atoms with Crippen LogP contribution >= 0.6 is 23.2 Å². The van der Waals surface area contributed by atoms with Crippen LogP contribution in [0.2, 0.25) is 10.0 Å². The summed E-state index contributed by atoms with van der Waals surface area (Å²) in [5, 5.41) is 4.36. The highest BCUT2D eigenvalue weighted by Gasteiger charge is 2.02. The van der Waals surface area contributed by atoms with Crippen molar-refractivity contribution in [3.05, 3.63) is 52.5 Å². The second-order valence-electron chi connectivity index (χ2n) is 4.08. The summed E-state index contributed by atoms with van der Waals surface area (Å²) < 4.78 is 10.7. The average molecular weight is 312 g/mol. The number of benzene rings is 2. The lowest BCUT2D eigenvalue weighted by Crippen LogP contribution is -2.11. The summed E-state index contributed by atoms with van der Waals surface area (Å²) in [6.45, 7) is 1.18. The molecule has 20 heavy (non-hydrogen) atoms. The molecule has 0 heterocycles. The van der Waals surface area contributed by atoms with Gasteiger partial charge in [0.05, 0.1) is 12.1 Å². The number of halogens is 2. The molecule has 0 aliphatic heterocycles. The molecule has 2 rings (SSSR count). The van der Waals surface area contributed by atoms with Crippen LogP contribution in [0, 0.1) is 0 Å². The summed E-state index contributed by atoms with van der Waals surface area (Å²) in [6.07, 6.45) is 0. The lowest BCUT2D eigenvalue weighted by molar-refractivity contribution is 0.333. The van der Waals surface area contributed by atoms with Crippen molar-refractivity contribution in [3.63, 3.8) is 0 Å². The fourth-order valence-electron chi connectivity index (χ4n) is 1.66. The number of nitrogens with one attached hydrogen (secondary N) is 1. The lowest BCUT2D eigenvalue weighted by Gasteiger charge is -2.10. The molecule has 2 aromatic rings. The first-order valence-electron chi connectivity index (χ1n) is 6.15. The second kappa shape index (κ2) is 7.27. The number of ether oxygens (including phenoxy) is 2. The third-order valence-corrected chi connectivity index (χ3v) is 3.20. The highest BCUT2D eigenvalue weighted by molar-refractivity contribution is 6.35. The zero-order chi connectivity index (χ0) is 14.4. The topological polar surface area (TPSA) is 30.5 Å². The smallest absolute Gasteiger partial charge is 0.138 e. The van der Waals surface area contributed by atoms with Crippen molar-refractivity contribution in [2.24, 2.45) is 0 Å². The maximum Gasteiger partial charge on any atom is 0.138 e. The van der Waals surface area contributed by atoms with Gasteiger partial charge >= 0.3 is 0 Å². The predicted octanol–water partition coefficient (Wildman–Crippen LogP) is 4.49. The summed E-state index contributed by atoms with van der Waals surface area (Å²) in [5.41, 5.74) is 1.01. The molecule has 0 spiro atoms. The van der Waals surface area contributed by atoms with Crippen LogP contribution < -0.4 is 14.8 Å². The van der Waals surface area contributed by atoms with Crippen LogP contribution in [-0.2, 0) is 0 Å². The second-order valence-corrected chi connectivity index (χ2v) is 4.92. The van der Waals surface area contributed by atoms with Crippen molar-refractivity contribution in [3.8, 4) is 11.5 Å². The van der Waals surface area contributed by atoms with Gasteiger partial charge in [-0.2, -0.15) is 0 Å². The zero-order valence-electron chi connectivity index (χ0n) is 11.0. The minimum Gasteiger partial charge on any atom is -0.497 e. The Labute approximate surface area is 128 Å². The first kappa shape index (κ1) is 14.8. The van der Waals surface area contributed by atoms with E-state index in [1.54, 1.807) is 25.3 Å². The van der Waals surface area contributed by atoms with Crippen LogP contribution in [0.1, 0.15) is 0 Å². The first-order valence-corrected chi connectivity index (χ1v) is 6.90.